The molecule has 2 bridgehead atoms. The number of hydrogen-bond donors (Lipinski definition) is 0. The number of rotatable bonds is 2. The molecule has 2 aliphatic carbocycles. The van der Waals surface area contributed by atoms with Gasteiger partial charge < -0.3 is 0 Å². The van der Waals surface area contributed by atoms with Crippen molar-refractivity contribution >= 4 is 5.97 Å². The van der Waals surface area contributed by atoms with Crippen LogP contribution in [-0.4, -0.2) is 11.6 Å². The lowest BCUT2D eigenvalue weighted by molar-refractivity contribution is -0.329. The van der Waals surface area contributed by atoms with Crippen molar-refractivity contribution in [3.05, 3.63) is 0 Å². The number of fused-ring (bicyclic) bond motifs is 2. The van der Waals surface area contributed by atoms with Crippen molar-refractivity contribution in [1.29, 1.82) is 0 Å². The molecule has 0 heterocycles. The van der Waals surface area contributed by atoms with Gasteiger partial charge in [-0.2, -0.15) is 4.89 Å². The first-order valence-electron chi connectivity index (χ1n) is 7.60. The van der Waals surface area contributed by atoms with E-state index in [9.17, 15) is 4.79 Å². The summed E-state index contributed by atoms with van der Waals surface area (Å²) in [6.07, 6.45) is 5.44. The Bertz CT molecular complexity index is 323. The van der Waals surface area contributed by atoms with Crippen LogP contribution >= 0.6 is 0 Å². The Balaban J connectivity index is 2.08. The SMILES string of the molecule is CC1CC2CC(C)CC(C(=O)OOC(C)(C)C)(C1)C2. The van der Waals surface area contributed by atoms with Crippen molar-refractivity contribution in [3.8, 4) is 0 Å². The Morgan fingerprint density at radius 1 is 1.05 bits per heavy atom. The predicted molar refractivity (Wildman–Crippen MR) is 74.3 cm³/mol. The van der Waals surface area contributed by atoms with Gasteiger partial charge in [0, 0.05) is 0 Å². The maximum Gasteiger partial charge on any atom is 0.348 e. The lowest BCUT2D eigenvalue weighted by Crippen LogP contribution is -2.45. The van der Waals surface area contributed by atoms with Crippen LogP contribution in [0.15, 0.2) is 0 Å². The van der Waals surface area contributed by atoms with Crippen molar-refractivity contribution in [2.75, 3.05) is 0 Å². The highest BCUT2D eigenvalue weighted by Gasteiger charge is 2.50. The van der Waals surface area contributed by atoms with Gasteiger partial charge in [-0.3, -0.25) is 4.89 Å². The zero-order valence-corrected chi connectivity index (χ0v) is 13.0. The first kappa shape index (κ1) is 14.8. The molecular formula is C16H28O3. The molecule has 0 amide bonds. The number of carbonyl (C=O) groups excluding carboxylic acids is 1. The molecule has 0 aromatic heterocycles. The zero-order valence-electron chi connectivity index (χ0n) is 13.0. The van der Waals surface area contributed by atoms with Crippen LogP contribution in [0.4, 0.5) is 0 Å². The van der Waals surface area contributed by atoms with Gasteiger partial charge in [-0.1, -0.05) is 13.8 Å². The average molecular weight is 268 g/mol. The summed E-state index contributed by atoms with van der Waals surface area (Å²) >= 11 is 0. The lowest BCUT2D eigenvalue weighted by Gasteiger charge is -2.47. The van der Waals surface area contributed by atoms with Gasteiger partial charge in [0.25, 0.3) is 0 Å². The van der Waals surface area contributed by atoms with Crippen molar-refractivity contribution in [3.63, 3.8) is 0 Å². The van der Waals surface area contributed by atoms with E-state index in [-0.39, 0.29) is 11.4 Å². The molecule has 2 unspecified atom stereocenters. The van der Waals surface area contributed by atoms with E-state index in [1.54, 1.807) is 0 Å². The summed E-state index contributed by atoms with van der Waals surface area (Å²) in [4.78, 5) is 23.0. The monoisotopic (exact) mass is 268 g/mol. The quantitative estimate of drug-likeness (QED) is 0.558. The second kappa shape index (κ2) is 5.08. The standard InChI is InChI=1S/C16H28O3/c1-11-6-13-7-12(2)9-16(8-11,10-13)14(17)18-19-15(3,4)5/h11-13H,6-10H2,1-5H3. The number of carbonyl (C=O) groups is 1. The van der Waals surface area contributed by atoms with Crippen molar-refractivity contribution in [2.24, 2.45) is 23.2 Å². The van der Waals surface area contributed by atoms with E-state index in [2.05, 4.69) is 13.8 Å². The summed E-state index contributed by atoms with van der Waals surface area (Å²) in [5.74, 6) is 1.79. The fourth-order valence-electron chi connectivity index (χ4n) is 4.21. The van der Waals surface area contributed by atoms with E-state index in [0.29, 0.717) is 17.8 Å². The Hall–Kier alpha value is -0.570. The third-order valence-electron chi connectivity index (χ3n) is 4.43. The number of hydrogen-bond acceptors (Lipinski definition) is 3. The molecule has 0 aliphatic heterocycles. The van der Waals surface area contributed by atoms with Crippen LogP contribution in [-0.2, 0) is 14.6 Å². The van der Waals surface area contributed by atoms with E-state index in [1.807, 2.05) is 20.8 Å². The molecule has 0 spiro atoms. The predicted octanol–water partition coefficient (Wildman–Crippen LogP) is 4.11. The van der Waals surface area contributed by atoms with Crippen LogP contribution in [0.2, 0.25) is 0 Å². The smallest absolute Gasteiger partial charge is 0.297 e. The van der Waals surface area contributed by atoms with Gasteiger partial charge >= 0.3 is 5.97 Å². The molecule has 2 rings (SSSR count). The Morgan fingerprint density at radius 2 is 1.58 bits per heavy atom. The fraction of sp³-hybridized carbons (Fsp3) is 0.938. The van der Waals surface area contributed by atoms with Gasteiger partial charge in [0.15, 0.2) is 0 Å². The van der Waals surface area contributed by atoms with E-state index in [0.717, 1.165) is 19.3 Å². The van der Waals surface area contributed by atoms with E-state index in [4.69, 9.17) is 9.78 Å². The third kappa shape index (κ3) is 3.50. The Morgan fingerprint density at radius 3 is 2.05 bits per heavy atom. The molecule has 3 heteroatoms. The van der Waals surface area contributed by atoms with E-state index in [1.165, 1.54) is 12.8 Å². The van der Waals surface area contributed by atoms with Crippen LogP contribution < -0.4 is 0 Å². The minimum Gasteiger partial charge on any atom is -0.297 e. The molecule has 2 atom stereocenters. The van der Waals surface area contributed by atoms with Gasteiger partial charge in [0.1, 0.15) is 5.60 Å². The minimum atomic E-state index is -0.438. The molecule has 0 saturated heterocycles. The van der Waals surface area contributed by atoms with E-state index >= 15 is 0 Å². The molecule has 19 heavy (non-hydrogen) atoms. The van der Waals surface area contributed by atoms with Crippen molar-refractivity contribution < 1.29 is 14.6 Å². The zero-order chi connectivity index (χ0) is 14.3. The maximum atomic E-state index is 12.5. The highest BCUT2D eigenvalue weighted by atomic mass is 17.2. The molecule has 3 nitrogen and oxygen atoms in total. The minimum absolute atomic E-state index is 0.134. The first-order valence-corrected chi connectivity index (χ1v) is 7.60. The van der Waals surface area contributed by atoms with Gasteiger partial charge in [0.2, 0.25) is 0 Å². The van der Waals surface area contributed by atoms with Crippen LogP contribution in [0.5, 0.6) is 0 Å². The van der Waals surface area contributed by atoms with Crippen LogP contribution in [0.3, 0.4) is 0 Å². The fourth-order valence-corrected chi connectivity index (χ4v) is 4.21. The topological polar surface area (TPSA) is 35.5 Å². The highest BCUT2D eigenvalue weighted by Crippen LogP contribution is 2.53. The summed E-state index contributed by atoms with van der Waals surface area (Å²) in [6.45, 7) is 10.2. The molecule has 0 N–H and O–H groups in total. The normalized spacial score (nSPS) is 38.9. The second-order valence-corrected chi connectivity index (χ2v) is 8.01. The Kier molecular flexibility index (Phi) is 3.97. The molecule has 0 aromatic rings. The molecule has 2 aliphatic rings. The van der Waals surface area contributed by atoms with Crippen LogP contribution in [0.1, 0.15) is 66.7 Å². The van der Waals surface area contributed by atoms with Gasteiger partial charge in [-0.15, -0.1) is 0 Å². The van der Waals surface area contributed by atoms with Crippen LogP contribution in [0, 0.1) is 23.2 Å². The molecule has 2 fully saturated rings. The second-order valence-electron chi connectivity index (χ2n) is 8.01. The molecule has 110 valence electrons. The summed E-state index contributed by atoms with van der Waals surface area (Å²) < 4.78 is 0. The maximum absolute atomic E-state index is 12.5. The van der Waals surface area contributed by atoms with Crippen LogP contribution in [0.25, 0.3) is 0 Å². The summed E-state index contributed by atoms with van der Waals surface area (Å²) in [5, 5.41) is 0. The van der Waals surface area contributed by atoms with Gasteiger partial charge in [0.05, 0.1) is 5.41 Å². The first-order chi connectivity index (χ1) is 8.70. The molecule has 2 saturated carbocycles. The van der Waals surface area contributed by atoms with Gasteiger partial charge in [-0.25, -0.2) is 4.79 Å². The largest absolute Gasteiger partial charge is 0.348 e. The van der Waals surface area contributed by atoms with E-state index < -0.39 is 5.60 Å². The lowest BCUT2D eigenvalue weighted by atomic mass is 9.57. The van der Waals surface area contributed by atoms with Crippen molar-refractivity contribution in [1.82, 2.24) is 0 Å². The van der Waals surface area contributed by atoms with Crippen molar-refractivity contribution in [2.45, 2.75) is 72.3 Å². The van der Waals surface area contributed by atoms with Gasteiger partial charge in [-0.05, 0) is 70.6 Å². The summed E-state index contributed by atoms with van der Waals surface area (Å²) in [6, 6.07) is 0. The summed E-state index contributed by atoms with van der Waals surface area (Å²) in [5.41, 5.74) is -0.725. The molecule has 0 aromatic carbocycles. The molecule has 0 radical (unpaired) electrons. The summed E-state index contributed by atoms with van der Waals surface area (Å²) in [7, 11) is 0. The average Bonchev–Trinajstić information content (AvgIpc) is 2.22. The molecular weight excluding hydrogens is 240 g/mol. The third-order valence-corrected chi connectivity index (χ3v) is 4.43. The Labute approximate surface area is 117 Å². The highest BCUT2D eigenvalue weighted by molar-refractivity contribution is 5.76.